The van der Waals surface area contributed by atoms with Crippen LogP contribution in [0.2, 0.25) is 0 Å². The zero-order valence-electron chi connectivity index (χ0n) is 13.4. The Morgan fingerprint density at radius 1 is 0.963 bits per heavy atom. The normalized spacial score (nSPS) is 11.1. The van der Waals surface area contributed by atoms with Crippen LogP contribution in [0.15, 0.2) is 18.3 Å². The third kappa shape index (κ3) is 3.18. The largest absolute Gasteiger partial charge is 0.494 e. The van der Waals surface area contributed by atoms with Gasteiger partial charge in [-0.2, -0.15) is 8.78 Å². The molecule has 1 aromatic heterocycles. The van der Waals surface area contributed by atoms with Crippen LogP contribution in [0.5, 0.6) is 11.5 Å². The van der Waals surface area contributed by atoms with Crippen LogP contribution in [-0.4, -0.2) is 18.1 Å². The number of aromatic amines is 1. The molecular formula is C17H9F6NO3. The van der Waals surface area contributed by atoms with Crippen molar-refractivity contribution in [2.24, 2.45) is 0 Å². The molecule has 0 bridgehead atoms. The first-order valence-electron chi connectivity index (χ1n) is 7.30. The van der Waals surface area contributed by atoms with Gasteiger partial charge in [-0.05, 0) is 11.6 Å². The molecule has 0 fully saturated rings. The van der Waals surface area contributed by atoms with E-state index in [0.717, 1.165) is 6.07 Å². The topological polar surface area (TPSA) is 51.3 Å². The molecular weight excluding hydrogens is 380 g/mol. The number of carbonyl (C=O) groups is 1. The van der Waals surface area contributed by atoms with E-state index in [1.54, 1.807) is 0 Å². The predicted octanol–water partition coefficient (Wildman–Crippen LogP) is 4.16. The molecule has 0 saturated carbocycles. The molecule has 0 spiro atoms. The van der Waals surface area contributed by atoms with E-state index in [4.69, 9.17) is 4.74 Å². The monoisotopic (exact) mass is 389 g/mol. The lowest BCUT2D eigenvalue weighted by Crippen LogP contribution is -2.15. The van der Waals surface area contributed by atoms with Gasteiger partial charge in [0.05, 0.1) is 13.5 Å². The first kappa shape index (κ1) is 18.6. The Morgan fingerprint density at radius 2 is 1.56 bits per heavy atom. The predicted molar refractivity (Wildman–Crippen MR) is 80.4 cm³/mol. The number of fused-ring (bicyclic) bond motifs is 1. The van der Waals surface area contributed by atoms with Gasteiger partial charge in [-0.3, -0.25) is 4.79 Å². The van der Waals surface area contributed by atoms with Crippen LogP contribution in [0.4, 0.5) is 26.3 Å². The maximum atomic E-state index is 13.7. The van der Waals surface area contributed by atoms with Crippen molar-refractivity contribution >= 4 is 16.9 Å². The molecule has 142 valence electrons. The number of halogens is 6. The minimum absolute atomic E-state index is 0.114. The Morgan fingerprint density at radius 3 is 2.15 bits per heavy atom. The summed E-state index contributed by atoms with van der Waals surface area (Å²) in [4.78, 5) is 14.6. The molecule has 0 unspecified atom stereocenters. The summed E-state index contributed by atoms with van der Waals surface area (Å²) >= 11 is 0. The van der Waals surface area contributed by atoms with E-state index in [1.165, 1.54) is 19.4 Å². The molecule has 0 saturated heterocycles. The maximum absolute atomic E-state index is 13.7. The second kappa shape index (κ2) is 6.86. The highest BCUT2D eigenvalue weighted by Gasteiger charge is 2.28. The van der Waals surface area contributed by atoms with E-state index in [-0.39, 0.29) is 11.3 Å². The number of benzene rings is 2. The van der Waals surface area contributed by atoms with Crippen molar-refractivity contribution in [3.05, 3.63) is 58.8 Å². The van der Waals surface area contributed by atoms with Gasteiger partial charge in [0.25, 0.3) is 0 Å². The van der Waals surface area contributed by atoms with Crippen molar-refractivity contribution in [3.63, 3.8) is 0 Å². The maximum Gasteiger partial charge on any atom is 0.315 e. The van der Waals surface area contributed by atoms with Gasteiger partial charge in [-0.1, -0.05) is 0 Å². The number of H-pyrrole nitrogens is 1. The Kier molecular flexibility index (Phi) is 4.73. The summed E-state index contributed by atoms with van der Waals surface area (Å²) in [5, 5.41) is 0.350. The molecule has 27 heavy (non-hydrogen) atoms. The van der Waals surface area contributed by atoms with Crippen LogP contribution in [0.3, 0.4) is 0 Å². The van der Waals surface area contributed by atoms with Crippen LogP contribution in [0.25, 0.3) is 10.9 Å². The molecule has 3 aromatic rings. The first-order chi connectivity index (χ1) is 12.7. The van der Waals surface area contributed by atoms with Gasteiger partial charge in [-0.25, -0.2) is 17.6 Å². The number of ether oxygens (including phenoxy) is 2. The molecule has 4 nitrogen and oxygen atoms in total. The lowest BCUT2D eigenvalue weighted by atomic mass is 10.1. The van der Waals surface area contributed by atoms with Crippen molar-refractivity contribution < 1.29 is 40.6 Å². The summed E-state index contributed by atoms with van der Waals surface area (Å²) in [5.74, 6) is -15.1. The van der Waals surface area contributed by atoms with Crippen molar-refractivity contribution in [1.82, 2.24) is 4.98 Å². The van der Waals surface area contributed by atoms with Gasteiger partial charge in [0.15, 0.2) is 11.6 Å². The summed E-state index contributed by atoms with van der Waals surface area (Å²) in [6.07, 6.45) is 0.720. The number of esters is 1. The van der Waals surface area contributed by atoms with Crippen LogP contribution < -0.4 is 9.47 Å². The Balaban J connectivity index is 1.91. The fourth-order valence-corrected chi connectivity index (χ4v) is 2.46. The van der Waals surface area contributed by atoms with E-state index in [2.05, 4.69) is 9.72 Å². The fourth-order valence-electron chi connectivity index (χ4n) is 2.46. The number of rotatable bonds is 4. The molecule has 0 aliphatic rings. The fraction of sp³-hybridized carbons (Fsp3) is 0.118. The van der Waals surface area contributed by atoms with Gasteiger partial charge in [0.1, 0.15) is 0 Å². The summed E-state index contributed by atoms with van der Waals surface area (Å²) in [5.41, 5.74) is 0.532. The molecule has 3 rings (SSSR count). The van der Waals surface area contributed by atoms with Crippen LogP contribution in [0.1, 0.15) is 5.56 Å². The summed E-state index contributed by atoms with van der Waals surface area (Å²) in [7, 11) is 1.23. The minimum Gasteiger partial charge on any atom is -0.494 e. The second-order valence-corrected chi connectivity index (χ2v) is 5.40. The molecule has 2 aromatic carbocycles. The quantitative estimate of drug-likeness (QED) is 0.240. The van der Waals surface area contributed by atoms with Crippen molar-refractivity contribution in [2.75, 3.05) is 7.11 Å². The lowest BCUT2D eigenvalue weighted by molar-refractivity contribution is -0.134. The lowest BCUT2D eigenvalue weighted by Gasteiger charge is -2.09. The zero-order chi connectivity index (χ0) is 19.9. The van der Waals surface area contributed by atoms with E-state index < -0.39 is 53.0 Å². The minimum atomic E-state index is -2.37. The highest BCUT2D eigenvalue weighted by atomic mass is 19.2. The Labute approximate surface area is 147 Å². The van der Waals surface area contributed by atoms with Gasteiger partial charge >= 0.3 is 5.97 Å². The summed E-state index contributed by atoms with van der Waals surface area (Å²) < 4.78 is 89.3. The van der Waals surface area contributed by atoms with E-state index >= 15 is 0 Å². The third-order valence-corrected chi connectivity index (χ3v) is 3.76. The second-order valence-electron chi connectivity index (χ2n) is 5.40. The van der Waals surface area contributed by atoms with Crippen molar-refractivity contribution in [2.45, 2.75) is 6.42 Å². The molecule has 0 aliphatic carbocycles. The number of hydrogen-bond acceptors (Lipinski definition) is 3. The Bertz CT molecular complexity index is 1030. The Hall–Kier alpha value is -3.17. The molecule has 0 radical (unpaired) electrons. The van der Waals surface area contributed by atoms with E-state index in [0.29, 0.717) is 10.9 Å². The third-order valence-electron chi connectivity index (χ3n) is 3.76. The standard InChI is InChI=1S/C17H9F6NO3/c1-26-10-3-7-6(5-24-9(7)4-8(10)18)2-11(25)27-17-15(22)13(20)12(19)14(21)16(17)23/h3-5,24H,2H2,1H3. The molecule has 10 heteroatoms. The van der Waals surface area contributed by atoms with Gasteiger partial charge in [0, 0.05) is 23.2 Å². The number of methoxy groups -OCH3 is 1. The number of hydrogen-bond donors (Lipinski definition) is 1. The smallest absolute Gasteiger partial charge is 0.315 e. The molecule has 0 aliphatic heterocycles. The van der Waals surface area contributed by atoms with E-state index in [9.17, 15) is 31.1 Å². The molecule has 0 amide bonds. The van der Waals surface area contributed by atoms with Crippen LogP contribution >= 0.6 is 0 Å². The number of aromatic nitrogens is 1. The van der Waals surface area contributed by atoms with Gasteiger partial charge in [0.2, 0.25) is 34.8 Å². The molecule has 1 heterocycles. The van der Waals surface area contributed by atoms with Crippen LogP contribution in [-0.2, 0) is 11.2 Å². The summed E-state index contributed by atoms with van der Waals surface area (Å²) in [6.45, 7) is 0. The molecule has 0 atom stereocenters. The van der Waals surface area contributed by atoms with Crippen LogP contribution in [0, 0.1) is 34.9 Å². The highest BCUT2D eigenvalue weighted by Crippen LogP contribution is 2.30. The highest BCUT2D eigenvalue weighted by molar-refractivity contribution is 5.89. The average molecular weight is 389 g/mol. The number of nitrogens with one attached hydrogen (secondary N) is 1. The molecule has 1 N–H and O–H groups in total. The van der Waals surface area contributed by atoms with Gasteiger partial charge < -0.3 is 14.5 Å². The van der Waals surface area contributed by atoms with Crippen molar-refractivity contribution in [3.8, 4) is 11.5 Å². The van der Waals surface area contributed by atoms with Gasteiger partial charge in [-0.15, -0.1) is 0 Å². The van der Waals surface area contributed by atoms with E-state index in [1.807, 2.05) is 0 Å². The summed E-state index contributed by atoms with van der Waals surface area (Å²) in [6, 6.07) is 2.38. The first-order valence-corrected chi connectivity index (χ1v) is 7.30. The zero-order valence-corrected chi connectivity index (χ0v) is 13.4. The van der Waals surface area contributed by atoms with Crippen molar-refractivity contribution in [1.29, 1.82) is 0 Å². The average Bonchev–Trinajstić information content (AvgIpc) is 3.02. The SMILES string of the molecule is COc1cc2c(CC(=O)Oc3c(F)c(F)c(F)c(F)c3F)c[nH]c2cc1F. The number of carbonyl (C=O) groups excluding carboxylic acids is 1.